The lowest BCUT2D eigenvalue weighted by molar-refractivity contribution is 0.314. The highest BCUT2D eigenvalue weighted by Gasteiger charge is 2.21. The van der Waals surface area contributed by atoms with E-state index in [0.717, 1.165) is 17.0 Å². The third kappa shape index (κ3) is 2.68. The van der Waals surface area contributed by atoms with Crippen LogP contribution in [-0.4, -0.2) is 10.1 Å². The van der Waals surface area contributed by atoms with Gasteiger partial charge < -0.3 is 10.3 Å². The number of benzene rings is 1. The molecule has 0 saturated heterocycles. The smallest absolute Gasteiger partial charge is 0.230 e. The molecule has 4 heteroatoms. The van der Waals surface area contributed by atoms with E-state index in [4.69, 9.17) is 10.3 Å². The molecule has 2 N–H and O–H groups in total. The Kier molecular flexibility index (Phi) is 3.60. The molecule has 1 aromatic heterocycles. The van der Waals surface area contributed by atoms with Crippen LogP contribution in [0.1, 0.15) is 49.5 Å². The number of rotatable bonds is 3. The Morgan fingerprint density at radius 1 is 1.11 bits per heavy atom. The summed E-state index contributed by atoms with van der Waals surface area (Å²) in [6.45, 7) is 0.555. The molecule has 1 aromatic carbocycles. The second-order valence-corrected chi connectivity index (χ2v) is 5.19. The summed E-state index contributed by atoms with van der Waals surface area (Å²) in [6, 6.07) is 8.01. The fourth-order valence-electron chi connectivity index (χ4n) is 2.66. The fourth-order valence-corrected chi connectivity index (χ4v) is 2.66. The first-order chi connectivity index (χ1) is 9.36. The number of aromatic nitrogens is 2. The summed E-state index contributed by atoms with van der Waals surface area (Å²) in [5.74, 6) is 1.94. The van der Waals surface area contributed by atoms with Crippen LogP contribution in [0.25, 0.3) is 11.4 Å². The summed E-state index contributed by atoms with van der Waals surface area (Å²) in [5.41, 5.74) is 7.69. The zero-order valence-electron chi connectivity index (χ0n) is 11.0. The van der Waals surface area contributed by atoms with E-state index in [1.54, 1.807) is 0 Å². The van der Waals surface area contributed by atoms with Crippen LogP contribution in [0.3, 0.4) is 0 Å². The van der Waals surface area contributed by atoms with Gasteiger partial charge in [0, 0.05) is 18.0 Å². The molecule has 0 atom stereocenters. The molecule has 19 heavy (non-hydrogen) atoms. The van der Waals surface area contributed by atoms with Crippen molar-refractivity contribution >= 4 is 0 Å². The van der Waals surface area contributed by atoms with Crippen LogP contribution in [0.2, 0.25) is 0 Å². The molecule has 1 fully saturated rings. The van der Waals surface area contributed by atoms with Gasteiger partial charge in [-0.3, -0.25) is 0 Å². The van der Waals surface area contributed by atoms with Crippen molar-refractivity contribution in [2.75, 3.05) is 0 Å². The molecule has 100 valence electrons. The third-order valence-corrected chi connectivity index (χ3v) is 3.84. The van der Waals surface area contributed by atoms with Crippen molar-refractivity contribution in [3.05, 3.63) is 35.7 Å². The maximum absolute atomic E-state index is 5.59. The van der Waals surface area contributed by atoms with Gasteiger partial charge in [-0.05, 0) is 18.4 Å². The van der Waals surface area contributed by atoms with Crippen LogP contribution in [0, 0.1) is 0 Å². The SMILES string of the molecule is NCc1ccc(-c2noc(C3CCCCC3)n2)cc1. The van der Waals surface area contributed by atoms with Crippen LogP contribution in [0.15, 0.2) is 28.8 Å². The molecule has 0 spiro atoms. The van der Waals surface area contributed by atoms with Gasteiger partial charge in [0.2, 0.25) is 11.7 Å². The van der Waals surface area contributed by atoms with Crippen molar-refractivity contribution in [3.8, 4) is 11.4 Å². The summed E-state index contributed by atoms with van der Waals surface area (Å²) in [5, 5.41) is 4.10. The fraction of sp³-hybridized carbons (Fsp3) is 0.467. The maximum atomic E-state index is 5.59. The van der Waals surface area contributed by atoms with Gasteiger partial charge in [0.1, 0.15) is 0 Å². The molecule has 1 aliphatic rings. The first-order valence-corrected chi connectivity index (χ1v) is 7.00. The Morgan fingerprint density at radius 2 is 1.84 bits per heavy atom. The highest BCUT2D eigenvalue weighted by atomic mass is 16.5. The van der Waals surface area contributed by atoms with Gasteiger partial charge in [0.15, 0.2) is 0 Å². The van der Waals surface area contributed by atoms with E-state index in [-0.39, 0.29) is 0 Å². The monoisotopic (exact) mass is 257 g/mol. The Bertz CT molecular complexity index is 527. The average molecular weight is 257 g/mol. The predicted molar refractivity (Wildman–Crippen MR) is 73.5 cm³/mol. The third-order valence-electron chi connectivity index (χ3n) is 3.84. The summed E-state index contributed by atoms with van der Waals surface area (Å²) < 4.78 is 5.43. The normalized spacial score (nSPS) is 16.7. The van der Waals surface area contributed by atoms with Crippen molar-refractivity contribution in [2.24, 2.45) is 5.73 Å². The minimum absolute atomic E-state index is 0.457. The molecule has 3 rings (SSSR count). The highest BCUT2D eigenvalue weighted by Crippen LogP contribution is 2.32. The van der Waals surface area contributed by atoms with E-state index in [0.29, 0.717) is 18.3 Å². The average Bonchev–Trinajstić information content (AvgIpc) is 2.98. The molecule has 2 aromatic rings. The molecule has 1 aliphatic carbocycles. The van der Waals surface area contributed by atoms with E-state index in [1.807, 2.05) is 24.3 Å². The van der Waals surface area contributed by atoms with Gasteiger partial charge in [-0.1, -0.05) is 48.7 Å². The van der Waals surface area contributed by atoms with Crippen LogP contribution in [0.5, 0.6) is 0 Å². The van der Waals surface area contributed by atoms with Gasteiger partial charge in [-0.15, -0.1) is 0 Å². The number of hydrogen-bond acceptors (Lipinski definition) is 4. The zero-order chi connectivity index (χ0) is 13.1. The molecule has 0 radical (unpaired) electrons. The van der Waals surface area contributed by atoms with Gasteiger partial charge >= 0.3 is 0 Å². The first kappa shape index (κ1) is 12.4. The van der Waals surface area contributed by atoms with E-state index >= 15 is 0 Å². The Hall–Kier alpha value is -1.68. The van der Waals surface area contributed by atoms with Crippen molar-refractivity contribution < 1.29 is 4.52 Å². The van der Waals surface area contributed by atoms with Gasteiger partial charge in [0.25, 0.3) is 0 Å². The quantitative estimate of drug-likeness (QED) is 0.916. The molecular weight excluding hydrogens is 238 g/mol. The van der Waals surface area contributed by atoms with Gasteiger partial charge in [0.05, 0.1) is 0 Å². The number of nitrogens with zero attached hydrogens (tertiary/aromatic N) is 2. The van der Waals surface area contributed by atoms with E-state index < -0.39 is 0 Å². The summed E-state index contributed by atoms with van der Waals surface area (Å²) >= 11 is 0. The molecule has 1 saturated carbocycles. The Balaban J connectivity index is 1.79. The highest BCUT2D eigenvalue weighted by molar-refractivity contribution is 5.54. The topological polar surface area (TPSA) is 64.9 Å². The molecule has 0 amide bonds. The van der Waals surface area contributed by atoms with E-state index in [1.165, 1.54) is 32.1 Å². The predicted octanol–water partition coefficient (Wildman–Crippen LogP) is 3.24. The first-order valence-electron chi connectivity index (χ1n) is 7.00. The lowest BCUT2D eigenvalue weighted by atomic mass is 9.89. The van der Waals surface area contributed by atoms with Crippen LogP contribution in [0.4, 0.5) is 0 Å². The maximum Gasteiger partial charge on any atom is 0.230 e. The van der Waals surface area contributed by atoms with Crippen molar-refractivity contribution in [2.45, 2.75) is 44.6 Å². The van der Waals surface area contributed by atoms with E-state index in [2.05, 4.69) is 10.1 Å². The van der Waals surface area contributed by atoms with Crippen molar-refractivity contribution in [1.82, 2.24) is 10.1 Å². The van der Waals surface area contributed by atoms with Crippen molar-refractivity contribution in [1.29, 1.82) is 0 Å². The lowest BCUT2D eigenvalue weighted by Crippen LogP contribution is -2.04. The summed E-state index contributed by atoms with van der Waals surface area (Å²) in [4.78, 5) is 4.55. The Labute approximate surface area is 113 Å². The summed E-state index contributed by atoms with van der Waals surface area (Å²) in [6.07, 6.45) is 6.22. The second-order valence-electron chi connectivity index (χ2n) is 5.19. The molecule has 1 heterocycles. The van der Waals surface area contributed by atoms with E-state index in [9.17, 15) is 0 Å². The minimum atomic E-state index is 0.457. The van der Waals surface area contributed by atoms with Crippen LogP contribution in [-0.2, 0) is 6.54 Å². The van der Waals surface area contributed by atoms with Gasteiger partial charge in [-0.2, -0.15) is 4.98 Å². The minimum Gasteiger partial charge on any atom is -0.339 e. The standard InChI is InChI=1S/C15H19N3O/c16-10-11-6-8-12(9-7-11)14-17-15(19-18-14)13-4-2-1-3-5-13/h6-9,13H,1-5,10,16H2. The summed E-state index contributed by atoms with van der Waals surface area (Å²) in [7, 11) is 0. The molecular formula is C15H19N3O. The van der Waals surface area contributed by atoms with Crippen LogP contribution < -0.4 is 5.73 Å². The molecule has 0 bridgehead atoms. The number of hydrogen-bond donors (Lipinski definition) is 1. The van der Waals surface area contributed by atoms with Crippen molar-refractivity contribution in [3.63, 3.8) is 0 Å². The molecule has 0 aliphatic heterocycles. The number of nitrogens with two attached hydrogens (primary N) is 1. The molecule has 0 unspecified atom stereocenters. The second kappa shape index (κ2) is 5.53. The largest absolute Gasteiger partial charge is 0.339 e. The van der Waals surface area contributed by atoms with Gasteiger partial charge in [-0.25, -0.2) is 0 Å². The Morgan fingerprint density at radius 3 is 2.53 bits per heavy atom. The zero-order valence-corrected chi connectivity index (χ0v) is 11.0. The molecule has 4 nitrogen and oxygen atoms in total. The van der Waals surface area contributed by atoms with Crippen LogP contribution >= 0.6 is 0 Å². The lowest BCUT2D eigenvalue weighted by Gasteiger charge is -2.17.